The molecule has 0 spiro atoms. The molecule has 6 nitrogen and oxygen atoms in total. The van der Waals surface area contributed by atoms with Crippen molar-refractivity contribution in [1.82, 2.24) is 9.97 Å². The summed E-state index contributed by atoms with van der Waals surface area (Å²) < 4.78 is 4.80. The fraction of sp³-hybridized carbons (Fsp3) is 0.167. The molecule has 0 saturated heterocycles. The first-order valence-electron chi connectivity index (χ1n) is 5.65. The van der Waals surface area contributed by atoms with E-state index in [-0.39, 0.29) is 17.3 Å². The number of amides is 1. The number of rotatable bonds is 4. The summed E-state index contributed by atoms with van der Waals surface area (Å²) >= 11 is 6.75. The van der Waals surface area contributed by atoms with Gasteiger partial charge in [-0.1, -0.05) is 11.6 Å². The lowest BCUT2D eigenvalue weighted by Gasteiger charge is -2.01. The molecular weight excluding hydrogens is 302 g/mol. The monoisotopic (exact) mass is 311 g/mol. The number of ether oxygens (including phenoxy) is 1. The molecule has 0 aromatic carbocycles. The number of carbonyl (C=O) groups excluding carboxylic acids is 2. The van der Waals surface area contributed by atoms with Crippen LogP contribution in [-0.4, -0.2) is 28.5 Å². The summed E-state index contributed by atoms with van der Waals surface area (Å²) in [6.07, 6.45) is 1.42. The van der Waals surface area contributed by atoms with E-state index in [9.17, 15) is 9.59 Å². The lowest BCUT2D eigenvalue weighted by atomic mass is 10.4. The highest BCUT2D eigenvalue weighted by atomic mass is 35.5. The zero-order valence-corrected chi connectivity index (χ0v) is 12.0. The number of halogens is 1. The van der Waals surface area contributed by atoms with Crippen LogP contribution in [0.15, 0.2) is 23.7 Å². The first kappa shape index (κ1) is 14.4. The van der Waals surface area contributed by atoms with Crippen molar-refractivity contribution in [2.45, 2.75) is 6.92 Å². The Labute approximate surface area is 123 Å². The van der Waals surface area contributed by atoms with Gasteiger partial charge in [-0.15, -0.1) is 11.3 Å². The SMILES string of the molecule is CCOC(=O)c1nc(C(=O)Nc2ccc(Cl)cn2)cs1. The summed E-state index contributed by atoms with van der Waals surface area (Å²) in [5, 5.41) is 4.65. The van der Waals surface area contributed by atoms with Crippen molar-refractivity contribution in [2.75, 3.05) is 11.9 Å². The Morgan fingerprint density at radius 1 is 1.45 bits per heavy atom. The quantitative estimate of drug-likeness (QED) is 0.878. The van der Waals surface area contributed by atoms with Crippen molar-refractivity contribution in [3.8, 4) is 0 Å². The van der Waals surface area contributed by atoms with Crippen molar-refractivity contribution in [1.29, 1.82) is 0 Å². The van der Waals surface area contributed by atoms with Crippen LogP contribution in [0.2, 0.25) is 5.02 Å². The van der Waals surface area contributed by atoms with E-state index in [2.05, 4.69) is 15.3 Å². The Hall–Kier alpha value is -1.99. The van der Waals surface area contributed by atoms with Gasteiger partial charge in [-0.05, 0) is 19.1 Å². The molecule has 2 rings (SSSR count). The summed E-state index contributed by atoms with van der Waals surface area (Å²) in [5.74, 6) is -0.641. The minimum Gasteiger partial charge on any atom is -0.461 e. The van der Waals surface area contributed by atoms with Gasteiger partial charge in [0.1, 0.15) is 11.5 Å². The summed E-state index contributed by atoms with van der Waals surface area (Å²) in [6.45, 7) is 1.96. The van der Waals surface area contributed by atoms with Crippen LogP contribution in [-0.2, 0) is 4.74 Å². The average Bonchev–Trinajstić information content (AvgIpc) is 2.91. The van der Waals surface area contributed by atoms with Gasteiger partial charge >= 0.3 is 5.97 Å². The van der Waals surface area contributed by atoms with Gasteiger partial charge in [0.25, 0.3) is 5.91 Å². The van der Waals surface area contributed by atoms with Crippen LogP contribution in [0.3, 0.4) is 0 Å². The molecule has 0 aliphatic carbocycles. The third kappa shape index (κ3) is 3.52. The summed E-state index contributed by atoms with van der Waals surface area (Å²) in [7, 11) is 0. The van der Waals surface area contributed by atoms with E-state index in [1.165, 1.54) is 11.6 Å². The molecule has 0 unspecified atom stereocenters. The standard InChI is InChI=1S/C12H10ClN3O3S/c1-2-19-12(18)11-15-8(6-20-11)10(17)16-9-4-3-7(13)5-14-9/h3-6H,2H2,1H3,(H,14,16,17). The predicted octanol–water partition coefficient (Wildman–Crippen LogP) is 2.62. The molecule has 20 heavy (non-hydrogen) atoms. The number of hydrogen-bond acceptors (Lipinski definition) is 6. The maximum absolute atomic E-state index is 11.9. The zero-order valence-electron chi connectivity index (χ0n) is 10.4. The molecule has 2 heterocycles. The molecule has 1 N–H and O–H groups in total. The molecule has 0 radical (unpaired) electrons. The number of carbonyl (C=O) groups is 2. The number of nitrogens with one attached hydrogen (secondary N) is 1. The number of anilines is 1. The number of hydrogen-bond donors (Lipinski definition) is 1. The highest BCUT2D eigenvalue weighted by Gasteiger charge is 2.16. The molecule has 0 bridgehead atoms. The van der Waals surface area contributed by atoms with Crippen LogP contribution in [0.5, 0.6) is 0 Å². The van der Waals surface area contributed by atoms with E-state index < -0.39 is 11.9 Å². The lowest BCUT2D eigenvalue weighted by molar-refractivity contribution is 0.0526. The van der Waals surface area contributed by atoms with Gasteiger partial charge in [-0.3, -0.25) is 4.79 Å². The highest BCUT2D eigenvalue weighted by Crippen LogP contribution is 2.14. The van der Waals surface area contributed by atoms with Crippen LogP contribution in [0.25, 0.3) is 0 Å². The first-order chi connectivity index (χ1) is 9.60. The molecule has 8 heteroatoms. The van der Waals surface area contributed by atoms with Crippen molar-refractivity contribution in [3.05, 3.63) is 39.4 Å². The van der Waals surface area contributed by atoms with Crippen molar-refractivity contribution in [3.63, 3.8) is 0 Å². The third-order valence-electron chi connectivity index (χ3n) is 2.16. The molecule has 0 fully saturated rings. The second kappa shape index (κ2) is 6.44. The molecule has 0 saturated carbocycles. The number of thiazole rings is 1. The van der Waals surface area contributed by atoms with Crippen LogP contribution < -0.4 is 5.32 Å². The molecule has 2 aromatic rings. The summed E-state index contributed by atoms with van der Waals surface area (Å²) in [6, 6.07) is 3.17. The van der Waals surface area contributed by atoms with E-state index >= 15 is 0 Å². The molecular formula is C12H10ClN3O3S. The van der Waals surface area contributed by atoms with E-state index in [0.29, 0.717) is 10.8 Å². The fourth-order valence-corrected chi connectivity index (χ4v) is 2.10. The maximum Gasteiger partial charge on any atom is 0.367 e. The van der Waals surface area contributed by atoms with Gasteiger partial charge in [0.05, 0.1) is 11.6 Å². The number of nitrogens with zero attached hydrogens (tertiary/aromatic N) is 2. The smallest absolute Gasteiger partial charge is 0.367 e. The number of pyridine rings is 1. The van der Waals surface area contributed by atoms with E-state index in [1.54, 1.807) is 19.1 Å². The minimum atomic E-state index is -0.541. The van der Waals surface area contributed by atoms with E-state index in [0.717, 1.165) is 11.3 Å². The second-order valence-electron chi connectivity index (χ2n) is 3.57. The Kier molecular flexibility index (Phi) is 4.65. The van der Waals surface area contributed by atoms with Gasteiger partial charge in [-0.2, -0.15) is 0 Å². The van der Waals surface area contributed by atoms with Gasteiger partial charge in [-0.25, -0.2) is 14.8 Å². The highest BCUT2D eigenvalue weighted by molar-refractivity contribution is 7.11. The van der Waals surface area contributed by atoms with Gasteiger partial charge < -0.3 is 10.1 Å². The van der Waals surface area contributed by atoms with Crippen LogP contribution in [0.4, 0.5) is 5.82 Å². The lowest BCUT2D eigenvalue weighted by Crippen LogP contribution is -2.14. The Balaban J connectivity index is 2.06. The van der Waals surface area contributed by atoms with Crippen LogP contribution in [0, 0.1) is 0 Å². The topological polar surface area (TPSA) is 81.2 Å². The molecule has 0 aliphatic rings. The molecule has 0 aliphatic heterocycles. The zero-order chi connectivity index (χ0) is 14.5. The number of aromatic nitrogens is 2. The minimum absolute atomic E-state index is 0.134. The second-order valence-corrected chi connectivity index (χ2v) is 4.87. The van der Waals surface area contributed by atoms with Gasteiger partial charge in [0.15, 0.2) is 0 Å². The summed E-state index contributed by atoms with van der Waals surface area (Å²) in [4.78, 5) is 31.2. The Bertz CT molecular complexity index is 627. The maximum atomic E-state index is 11.9. The summed E-state index contributed by atoms with van der Waals surface area (Å²) in [5.41, 5.74) is 0.134. The molecule has 2 aromatic heterocycles. The fourth-order valence-electron chi connectivity index (χ4n) is 1.29. The number of esters is 1. The van der Waals surface area contributed by atoms with Crippen LogP contribution >= 0.6 is 22.9 Å². The van der Waals surface area contributed by atoms with Gasteiger partial charge in [0.2, 0.25) is 5.01 Å². The van der Waals surface area contributed by atoms with Crippen molar-refractivity contribution >= 4 is 40.6 Å². The normalized spacial score (nSPS) is 10.1. The van der Waals surface area contributed by atoms with E-state index in [4.69, 9.17) is 16.3 Å². The first-order valence-corrected chi connectivity index (χ1v) is 6.91. The Morgan fingerprint density at radius 3 is 2.90 bits per heavy atom. The Morgan fingerprint density at radius 2 is 2.25 bits per heavy atom. The molecule has 1 amide bonds. The molecule has 104 valence electrons. The van der Waals surface area contributed by atoms with Crippen molar-refractivity contribution in [2.24, 2.45) is 0 Å². The largest absolute Gasteiger partial charge is 0.461 e. The van der Waals surface area contributed by atoms with Crippen LogP contribution in [0.1, 0.15) is 27.2 Å². The predicted molar refractivity (Wildman–Crippen MR) is 75.3 cm³/mol. The third-order valence-corrected chi connectivity index (χ3v) is 3.20. The van der Waals surface area contributed by atoms with E-state index in [1.807, 2.05) is 0 Å². The molecule has 0 atom stereocenters. The van der Waals surface area contributed by atoms with Crippen molar-refractivity contribution < 1.29 is 14.3 Å². The average molecular weight is 312 g/mol. The van der Waals surface area contributed by atoms with Gasteiger partial charge in [0, 0.05) is 11.6 Å².